The van der Waals surface area contributed by atoms with Gasteiger partial charge in [0.1, 0.15) is 0 Å². The highest BCUT2D eigenvalue weighted by Crippen LogP contribution is 2.36. The third-order valence-electron chi connectivity index (χ3n) is 4.67. The van der Waals surface area contributed by atoms with Gasteiger partial charge in [-0.15, -0.1) is 0 Å². The SMILES string of the molecule is C1=C(c2ccccc2)Nc2nc3ccccc3n2[C@@H]1c1ccccc1. The number of imidazole rings is 1. The highest BCUT2D eigenvalue weighted by Gasteiger charge is 2.24. The second kappa shape index (κ2) is 5.64. The maximum Gasteiger partial charge on any atom is 0.209 e. The molecule has 1 aliphatic heterocycles. The Morgan fingerprint density at radius 1 is 0.760 bits per heavy atom. The Morgan fingerprint density at radius 2 is 1.44 bits per heavy atom. The molecule has 0 fully saturated rings. The summed E-state index contributed by atoms with van der Waals surface area (Å²) in [6, 6.07) is 29.4. The molecule has 1 atom stereocenters. The standard InChI is InChI=1S/C22H17N3/c1-3-9-16(10-4-1)19-15-21(17-11-5-2-6-12-17)25-20-14-8-7-13-18(20)23-22(25)24-19/h1-15,21H,(H,23,24)/t21-/m0/s1. The Kier molecular flexibility index (Phi) is 3.17. The maximum absolute atomic E-state index is 4.82. The van der Waals surface area contributed by atoms with E-state index in [0.717, 1.165) is 22.7 Å². The lowest BCUT2D eigenvalue weighted by atomic mass is 10.0. The summed E-state index contributed by atoms with van der Waals surface area (Å²) in [7, 11) is 0. The highest BCUT2D eigenvalue weighted by atomic mass is 15.2. The molecule has 1 N–H and O–H groups in total. The van der Waals surface area contributed by atoms with E-state index in [0.29, 0.717) is 0 Å². The first-order valence-electron chi connectivity index (χ1n) is 8.46. The number of allylic oxidation sites excluding steroid dienone is 1. The minimum absolute atomic E-state index is 0.111. The summed E-state index contributed by atoms with van der Waals surface area (Å²) < 4.78 is 2.27. The van der Waals surface area contributed by atoms with Crippen molar-refractivity contribution in [3.8, 4) is 0 Å². The number of hydrogen-bond acceptors (Lipinski definition) is 2. The van der Waals surface area contributed by atoms with Gasteiger partial charge in [-0.3, -0.25) is 4.57 Å². The summed E-state index contributed by atoms with van der Waals surface area (Å²) in [6.45, 7) is 0. The van der Waals surface area contributed by atoms with Gasteiger partial charge in [0.05, 0.1) is 17.1 Å². The Morgan fingerprint density at radius 3 is 2.24 bits per heavy atom. The van der Waals surface area contributed by atoms with Crippen molar-refractivity contribution in [1.82, 2.24) is 9.55 Å². The normalized spacial score (nSPS) is 16.2. The fourth-order valence-corrected chi connectivity index (χ4v) is 3.49. The molecule has 0 saturated carbocycles. The molecule has 3 heteroatoms. The first-order chi connectivity index (χ1) is 12.4. The van der Waals surface area contributed by atoms with Crippen LogP contribution in [0.3, 0.4) is 0 Å². The van der Waals surface area contributed by atoms with Crippen LogP contribution in [0.5, 0.6) is 0 Å². The first kappa shape index (κ1) is 14.1. The summed E-state index contributed by atoms with van der Waals surface area (Å²) in [4.78, 5) is 4.82. The fraction of sp³-hybridized carbons (Fsp3) is 0.0455. The van der Waals surface area contributed by atoms with E-state index in [-0.39, 0.29) is 6.04 Å². The zero-order chi connectivity index (χ0) is 16.6. The molecule has 120 valence electrons. The topological polar surface area (TPSA) is 29.9 Å². The van der Waals surface area contributed by atoms with Gasteiger partial charge in [-0.1, -0.05) is 72.8 Å². The van der Waals surface area contributed by atoms with Crippen LogP contribution in [0.2, 0.25) is 0 Å². The molecule has 4 aromatic rings. The van der Waals surface area contributed by atoms with Gasteiger partial charge in [-0.05, 0) is 29.3 Å². The van der Waals surface area contributed by atoms with Crippen molar-refractivity contribution in [3.63, 3.8) is 0 Å². The number of benzene rings is 3. The van der Waals surface area contributed by atoms with Crippen LogP contribution in [-0.2, 0) is 0 Å². The molecule has 2 heterocycles. The lowest BCUT2D eigenvalue weighted by molar-refractivity contribution is 0.720. The zero-order valence-electron chi connectivity index (χ0n) is 13.6. The second-order valence-corrected chi connectivity index (χ2v) is 6.22. The van der Waals surface area contributed by atoms with Gasteiger partial charge in [0, 0.05) is 5.70 Å². The predicted octanol–water partition coefficient (Wildman–Crippen LogP) is 5.09. The molecule has 25 heavy (non-hydrogen) atoms. The Balaban J connectivity index is 1.74. The molecule has 5 rings (SSSR count). The number of rotatable bonds is 2. The summed E-state index contributed by atoms with van der Waals surface area (Å²) in [5.41, 5.74) is 5.66. The fourth-order valence-electron chi connectivity index (χ4n) is 3.49. The van der Waals surface area contributed by atoms with Crippen LogP contribution in [0.25, 0.3) is 16.7 Å². The average Bonchev–Trinajstić information content (AvgIpc) is 3.07. The van der Waals surface area contributed by atoms with Crippen LogP contribution in [0.4, 0.5) is 5.95 Å². The Labute approximate surface area is 146 Å². The monoisotopic (exact) mass is 323 g/mol. The van der Waals surface area contributed by atoms with Crippen LogP contribution in [0.15, 0.2) is 91.0 Å². The molecular weight excluding hydrogens is 306 g/mol. The van der Waals surface area contributed by atoms with Crippen molar-refractivity contribution in [1.29, 1.82) is 0 Å². The summed E-state index contributed by atoms with van der Waals surface area (Å²) in [5.74, 6) is 0.886. The molecule has 0 aliphatic carbocycles. The number of hydrogen-bond donors (Lipinski definition) is 1. The van der Waals surface area contributed by atoms with Crippen LogP contribution in [-0.4, -0.2) is 9.55 Å². The average molecular weight is 323 g/mol. The van der Waals surface area contributed by atoms with Crippen molar-refractivity contribution >= 4 is 22.7 Å². The van der Waals surface area contributed by atoms with Gasteiger partial charge in [0.15, 0.2) is 0 Å². The summed E-state index contributed by atoms with van der Waals surface area (Å²) in [5, 5.41) is 3.52. The molecule has 0 spiro atoms. The molecule has 0 unspecified atom stereocenters. The van der Waals surface area contributed by atoms with Gasteiger partial charge < -0.3 is 5.32 Å². The van der Waals surface area contributed by atoms with Crippen LogP contribution in [0, 0.1) is 0 Å². The van der Waals surface area contributed by atoms with E-state index in [2.05, 4.69) is 88.8 Å². The third kappa shape index (κ3) is 2.32. The Hall–Kier alpha value is -3.33. The highest BCUT2D eigenvalue weighted by molar-refractivity contribution is 5.85. The minimum Gasteiger partial charge on any atom is -0.325 e. The zero-order valence-corrected chi connectivity index (χ0v) is 13.6. The number of para-hydroxylation sites is 2. The smallest absolute Gasteiger partial charge is 0.209 e. The predicted molar refractivity (Wildman–Crippen MR) is 102 cm³/mol. The molecule has 3 nitrogen and oxygen atoms in total. The van der Waals surface area contributed by atoms with Crippen molar-refractivity contribution in [3.05, 3.63) is 102 Å². The van der Waals surface area contributed by atoms with E-state index >= 15 is 0 Å². The van der Waals surface area contributed by atoms with Crippen LogP contribution in [0.1, 0.15) is 17.2 Å². The van der Waals surface area contributed by atoms with Crippen molar-refractivity contribution in [2.24, 2.45) is 0 Å². The molecule has 0 amide bonds. The summed E-state index contributed by atoms with van der Waals surface area (Å²) in [6.07, 6.45) is 2.28. The molecular formula is C22H17N3. The van der Waals surface area contributed by atoms with Crippen molar-refractivity contribution < 1.29 is 0 Å². The summed E-state index contributed by atoms with van der Waals surface area (Å²) >= 11 is 0. The van der Waals surface area contributed by atoms with E-state index in [4.69, 9.17) is 4.98 Å². The number of aromatic nitrogens is 2. The lowest BCUT2D eigenvalue weighted by Gasteiger charge is -2.26. The van der Waals surface area contributed by atoms with Crippen LogP contribution >= 0.6 is 0 Å². The van der Waals surface area contributed by atoms with E-state index in [1.807, 2.05) is 12.1 Å². The molecule has 0 bridgehead atoms. The van der Waals surface area contributed by atoms with Crippen LogP contribution < -0.4 is 5.32 Å². The van der Waals surface area contributed by atoms with Gasteiger partial charge in [0.25, 0.3) is 0 Å². The molecule has 0 saturated heterocycles. The largest absolute Gasteiger partial charge is 0.325 e. The van der Waals surface area contributed by atoms with E-state index in [1.54, 1.807) is 0 Å². The lowest BCUT2D eigenvalue weighted by Crippen LogP contribution is -2.19. The third-order valence-corrected chi connectivity index (χ3v) is 4.67. The number of fused-ring (bicyclic) bond motifs is 3. The minimum atomic E-state index is 0.111. The van der Waals surface area contributed by atoms with E-state index < -0.39 is 0 Å². The number of anilines is 1. The van der Waals surface area contributed by atoms with Crippen molar-refractivity contribution in [2.45, 2.75) is 6.04 Å². The van der Waals surface area contributed by atoms with Gasteiger partial charge >= 0.3 is 0 Å². The number of nitrogens with zero attached hydrogens (tertiary/aromatic N) is 2. The molecule has 0 radical (unpaired) electrons. The van der Waals surface area contributed by atoms with Gasteiger partial charge in [-0.2, -0.15) is 0 Å². The Bertz CT molecular complexity index is 1060. The molecule has 3 aromatic carbocycles. The quantitative estimate of drug-likeness (QED) is 0.557. The van der Waals surface area contributed by atoms with E-state index in [9.17, 15) is 0 Å². The number of nitrogens with one attached hydrogen (secondary N) is 1. The van der Waals surface area contributed by atoms with E-state index in [1.165, 1.54) is 11.1 Å². The molecule has 1 aliphatic rings. The van der Waals surface area contributed by atoms with Crippen molar-refractivity contribution in [2.75, 3.05) is 5.32 Å². The first-order valence-corrected chi connectivity index (χ1v) is 8.46. The second-order valence-electron chi connectivity index (χ2n) is 6.22. The maximum atomic E-state index is 4.82. The van der Waals surface area contributed by atoms with Gasteiger partial charge in [-0.25, -0.2) is 4.98 Å². The van der Waals surface area contributed by atoms with Gasteiger partial charge in [0.2, 0.25) is 5.95 Å². The molecule has 1 aromatic heterocycles.